The molecule has 0 aromatic heterocycles. The minimum absolute atomic E-state index is 0. The largest absolute Gasteiger partial charge is 0.298 e. The van der Waals surface area contributed by atoms with Crippen molar-refractivity contribution in [2.75, 3.05) is 19.5 Å². The van der Waals surface area contributed by atoms with Crippen molar-refractivity contribution in [1.29, 1.82) is 0 Å². The van der Waals surface area contributed by atoms with E-state index in [4.69, 9.17) is 11.6 Å². The van der Waals surface area contributed by atoms with Crippen LogP contribution in [0.5, 0.6) is 0 Å². The first kappa shape index (κ1) is 10.2. The summed E-state index contributed by atoms with van der Waals surface area (Å²) in [6.45, 7) is 0.871. The lowest BCUT2D eigenvalue weighted by Gasteiger charge is -2.13. The van der Waals surface area contributed by atoms with Crippen molar-refractivity contribution in [3.05, 3.63) is 0 Å². The lowest BCUT2D eigenvalue weighted by molar-refractivity contribution is -0.119. The zero-order valence-corrected chi connectivity index (χ0v) is 7.41. The molecule has 60 valence electrons. The first-order valence-electron chi connectivity index (χ1n) is 3.04. The number of alkyl halides is 1. The molecule has 0 aromatic rings. The maximum Gasteiger partial charge on any atom is 0.152 e. The van der Waals surface area contributed by atoms with Crippen molar-refractivity contribution in [2.24, 2.45) is 0 Å². The van der Waals surface area contributed by atoms with Crippen LogP contribution in [-0.4, -0.2) is 36.2 Å². The molecule has 1 fully saturated rings. The molecule has 0 radical (unpaired) electrons. The van der Waals surface area contributed by atoms with Crippen molar-refractivity contribution in [1.82, 2.24) is 4.90 Å². The Hall–Kier alpha value is 0.210. The Morgan fingerprint density at radius 1 is 1.80 bits per heavy atom. The van der Waals surface area contributed by atoms with Gasteiger partial charge in [-0.1, -0.05) is 0 Å². The normalized spacial score (nSPS) is 26.6. The number of ketones is 1. The maximum absolute atomic E-state index is 10.9. The second-order valence-corrected chi connectivity index (χ2v) is 2.68. The molecule has 1 rings (SSSR count). The van der Waals surface area contributed by atoms with Crippen molar-refractivity contribution in [3.8, 4) is 0 Å². The average molecular weight is 184 g/mol. The molecule has 10 heavy (non-hydrogen) atoms. The lowest BCUT2D eigenvalue weighted by Crippen LogP contribution is -2.30. The fraction of sp³-hybridized carbons (Fsp3) is 0.833. The summed E-state index contributed by atoms with van der Waals surface area (Å²) in [6, 6.07) is -0.00772. The molecular formula is C6H11Cl2NO. The molecule has 1 aliphatic heterocycles. The van der Waals surface area contributed by atoms with E-state index in [0.29, 0.717) is 12.3 Å². The molecule has 2 nitrogen and oxygen atoms in total. The number of likely N-dealkylation sites (N-methyl/N-ethyl adjacent to an activating group) is 1. The van der Waals surface area contributed by atoms with Gasteiger partial charge in [0, 0.05) is 18.8 Å². The third-order valence-electron chi connectivity index (χ3n) is 1.76. The highest BCUT2D eigenvalue weighted by Gasteiger charge is 2.27. The van der Waals surface area contributed by atoms with Crippen LogP contribution in [0.1, 0.15) is 6.42 Å². The van der Waals surface area contributed by atoms with Crippen LogP contribution in [-0.2, 0) is 4.79 Å². The molecule has 4 heteroatoms. The summed E-state index contributed by atoms with van der Waals surface area (Å²) >= 11 is 5.54. The van der Waals surface area contributed by atoms with E-state index in [9.17, 15) is 4.79 Å². The van der Waals surface area contributed by atoms with Gasteiger partial charge in [-0.15, -0.1) is 24.0 Å². The summed E-state index contributed by atoms with van der Waals surface area (Å²) in [7, 11) is 1.93. The van der Waals surface area contributed by atoms with Crippen LogP contribution in [0.15, 0.2) is 0 Å². The van der Waals surface area contributed by atoms with E-state index < -0.39 is 0 Å². The van der Waals surface area contributed by atoms with E-state index in [-0.39, 0.29) is 24.2 Å². The van der Waals surface area contributed by atoms with E-state index in [1.54, 1.807) is 0 Å². The smallest absolute Gasteiger partial charge is 0.152 e. The Balaban J connectivity index is 0.000000810. The van der Waals surface area contributed by atoms with Crippen LogP contribution in [0.4, 0.5) is 0 Å². The van der Waals surface area contributed by atoms with Gasteiger partial charge in [0.05, 0.1) is 6.04 Å². The van der Waals surface area contributed by atoms with Gasteiger partial charge < -0.3 is 0 Å². The summed E-state index contributed by atoms with van der Waals surface area (Å²) in [5.74, 6) is 0.725. The summed E-state index contributed by atoms with van der Waals surface area (Å²) in [5, 5.41) is 0. The molecule has 1 aliphatic rings. The van der Waals surface area contributed by atoms with Crippen LogP contribution in [0, 0.1) is 0 Å². The van der Waals surface area contributed by atoms with Crippen LogP contribution in [0.2, 0.25) is 0 Å². The van der Waals surface area contributed by atoms with Gasteiger partial charge >= 0.3 is 0 Å². The highest BCUT2D eigenvalue weighted by Crippen LogP contribution is 2.11. The molecule has 0 spiro atoms. The predicted molar refractivity (Wildman–Crippen MR) is 44.0 cm³/mol. The molecule has 1 atom stereocenters. The van der Waals surface area contributed by atoms with Crippen LogP contribution >= 0.6 is 24.0 Å². The van der Waals surface area contributed by atoms with Gasteiger partial charge in [0.1, 0.15) is 0 Å². The van der Waals surface area contributed by atoms with E-state index in [2.05, 4.69) is 0 Å². The quantitative estimate of drug-likeness (QED) is 0.565. The minimum atomic E-state index is -0.00772. The topological polar surface area (TPSA) is 20.3 Å². The van der Waals surface area contributed by atoms with Crippen LogP contribution in [0.3, 0.4) is 0 Å². The molecule has 0 unspecified atom stereocenters. The molecule has 1 heterocycles. The Morgan fingerprint density at radius 3 is 2.60 bits per heavy atom. The Labute approximate surface area is 71.9 Å². The van der Waals surface area contributed by atoms with Gasteiger partial charge in [0.15, 0.2) is 5.78 Å². The van der Waals surface area contributed by atoms with Gasteiger partial charge in [0.2, 0.25) is 0 Å². The van der Waals surface area contributed by atoms with E-state index >= 15 is 0 Å². The SMILES string of the molecule is CN1CCC(=O)[C@H]1CCl.Cl. The number of Topliss-reactive ketones (excluding diaryl/α,β-unsaturated/α-hetero) is 1. The number of carbonyl (C=O) groups excluding carboxylic acids is 1. The molecule has 0 saturated carbocycles. The molecule has 1 saturated heterocycles. The second-order valence-electron chi connectivity index (χ2n) is 2.37. The fourth-order valence-electron chi connectivity index (χ4n) is 1.06. The second kappa shape index (κ2) is 4.16. The zero-order valence-electron chi connectivity index (χ0n) is 5.84. The van der Waals surface area contributed by atoms with Crippen molar-refractivity contribution in [3.63, 3.8) is 0 Å². The Morgan fingerprint density at radius 2 is 2.40 bits per heavy atom. The van der Waals surface area contributed by atoms with Gasteiger partial charge in [-0.05, 0) is 7.05 Å². The average Bonchev–Trinajstić information content (AvgIpc) is 2.12. The monoisotopic (exact) mass is 183 g/mol. The number of hydrogen-bond donors (Lipinski definition) is 0. The standard InChI is InChI=1S/C6H10ClNO.ClH/c1-8-3-2-6(9)5(8)4-7;/h5H,2-4H2,1H3;1H/t5-;/m1./s1. The number of halogens is 2. The predicted octanol–water partition coefficient (Wildman–Crippen LogP) is 0.920. The van der Waals surface area contributed by atoms with E-state index in [0.717, 1.165) is 6.54 Å². The summed E-state index contributed by atoms with van der Waals surface area (Å²) < 4.78 is 0. The van der Waals surface area contributed by atoms with Crippen LogP contribution in [0.25, 0.3) is 0 Å². The van der Waals surface area contributed by atoms with Crippen molar-refractivity contribution >= 4 is 29.8 Å². The molecular weight excluding hydrogens is 173 g/mol. The van der Waals surface area contributed by atoms with Gasteiger partial charge in [-0.3, -0.25) is 9.69 Å². The summed E-state index contributed by atoms with van der Waals surface area (Å²) in [4.78, 5) is 12.9. The fourth-order valence-corrected chi connectivity index (χ4v) is 1.47. The highest BCUT2D eigenvalue weighted by atomic mass is 35.5. The van der Waals surface area contributed by atoms with Crippen molar-refractivity contribution in [2.45, 2.75) is 12.5 Å². The number of rotatable bonds is 1. The molecule has 0 amide bonds. The third-order valence-corrected chi connectivity index (χ3v) is 2.05. The lowest BCUT2D eigenvalue weighted by atomic mass is 10.2. The number of hydrogen-bond acceptors (Lipinski definition) is 2. The maximum atomic E-state index is 10.9. The van der Waals surface area contributed by atoms with Gasteiger partial charge in [0.25, 0.3) is 0 Å². The Bertz CT molecular complexity index is 129. The highest BCUT2D eigenvalue weighted by molar-refractivity contribution is 6.20. The van der Waals surface area contributed by atoms with Gasteiger partial charge in [-0.2, -0.15) is 0 Å². The number of likely N-dealkylation sites (tertiary alicyclic amines) is 1. The first-order valence-corrected chi connectivity index (χ1v) is 3.58. The minimum Gasteiger partial charge on any atom is -0.298 e. The molecule has 0 aromatic carbocycles. The first-order chi connectivity index (χ1) is 4.25. The third kappa shape index (κ3) is 1.84. The van der Waals surface area contributed by atoms with Crippen molar-refractivity contribution < 1.29 is 4.79 Å². The zero-order chi connectivity index (χ0) is 6.85. The Kier molecular flexibility index (Phi) is 4.25. The number of nitrogens with zero attached hydrogens (tertiary/aromatic N) is 1. The van der Waals surface area contributed by atoms with Gasteiger partial charge in [-0.25, -0.2) is 0 Å². The van der Waals surface area contributed by atoms with Crippen LogP contribution < -0.4 is 0 Å². The molecule has 0 aliphatic carbocycles. The number of carbonyl (C=O) groups is 1. The summed E-state index contributed by atoms with van der Waals surface area (Å²) in [6.07, 6.45) is 0.674. The molecule has 0 N–H and O–H groups in total. The molecule has 0 bridgehead atoms. The summed E-state index contributed by atoms with van der Waals surface area (Å²) in [5.41, 5.74) is 0. The van der Waals surface area contributed by atoms with E-state index in [1.165, 1.54) is 0 Å². The van der Waals surface area contributed by atoms with E-state index in [1.807, 2.05) is 11.9 Å².